The summed E-state index contributed by atoms with van der Waals surface area (Å²) in [7, 11) is 1.48. The van der Waals surface area contributed by atoms with Crippen molar-refractivity contribution in [2.75, 3.05) is 7.11 Å². The van der Waals surface area contributed by atoms with E-state index < -0.39 is 0 Å². The van der Waals surface area contributed by atoms with Gasteiger partial charge in [-0.3, -0.25) is 4.79 Å². The first kappa shape index (κ1) is 21.5. The predicted molar refractivity (Wildman–Crippen MR) is 103 cm³/mol. The molecule has 24 heavy (non-hydrogen) atoms. The van der Waals surface area contributed by atoms with Crippen LogP contribution in [0.5, 0.6) is 0 Å². The molecule has 142 valence electrons. The zero-order valence-corrected chi connectivity index (χ0v) is 16.7. The highest BCUT2D eigenvalue weighted by molar-refractivity contribution is 5.68. The summed E-state index contributed by atoms with van der Waals surface area (Å²) < 4.78 is 4.71. The Bertz CT molecular complexity index is 313. The second-order valence-electron chi connectivity index (χ2n) is 8.17. The third-order valence-corrected chi connectivity index (χ3v) is 6.01. The number of esters is 1. The van der Waals surface area contributed by atoms with Gasteiger partial charge in [0.2, 0.25) is 0 Å². The van der Waals surface area contributed by atoms with Gasteiger partial charge >= 0.3 is 5.97 Å². The Hall–Kier alpha value is -0.530. The van der Waals surface area contributed by atoms with Gasteiger partial charge < -0.3 is 4.74 Å². The normalized spacial score (nSPS) is 21.8. The lowest BCUT2D eigenvalue weighted by atomic mass is 9.83. The number of ether oxygens (including phenoxy) is 1. The van der Waals surface area contributed by atoms with Crippen LogP contribution < -0.4 is 0 Å². The number of methoxy groups -OCH3 is 1. The van der Waals surface area contributed by atoms with Gasteiger partial charge in [0.05, 0.1) is 7.11 Å². The highest BCUT2D eigenvalue weighted by atomic mass is 16.5. The molecule has 0 aromatic rings. The zero-order chi connectivity index (χ0) is 17.6. The summed E-state index contributed by atoms with van der Waals surface area (Å²) in [4.78, 5) is 11.1. The molecule has 0 aromatic carbocycles. The first-order valence-electron chi connectivity index (χ1n) is 10.7. The molecule has 1 fully saturated rings. The molecular formula is C22H42O2. The molecule has 0 spiro atoms. The van der Waals surface area contributed by atoms with Crippen LogP contribution in [0.4, 0.5) is 0 Å². The lowest BCUT2D eigenvalue weighted by molar-refractivity contribution is -0.140. The molecule has 1 aliphatic rings. The Morgan fingerprint density at radius 3 is 2.46 bits per heavy atom. The first-order valence-corrected chi connectivity index (χ1v) is 10.7. The molecule has 1 unspecified atom stereocenters. The van der Waals surface area contributed by atoms with Crippen LogP contribution in [0.3, 0.4) is 0 Å². The number of hydrogen-bond acceptors (Lipinski definition) is 2. The lowest BCUT2D eigenvalue weighted by Gasteiger charge is -2.23. The fourth-order valence-electron chi connectivity index (χ4n) is 4.49. The molecule has 0 radical (unpaired) electrons. The van der Waals surface area contributed by atoms with Crippen molar-refractivity contribution in [3.63, 3.8) is 0 Å². The molecule has 0 aromatic heterocycles. The fraction of sp³-hybridized carbons (Fsp3) is 0.955. The van der Waals surface area contributed by atoms with Gasteiger partial charge in [-0.1, -0.05) is 90.9 Å². The van der Waals surface area contributed by atoms with Crippen LogP contribution >= 0.6 is 0 Å². The van der Waals surface area contributed by atoms with E-state index in [-0.39, 0.29) is 5.97 Å². The zero-order valence-electron chi connectivity index (χ0n) is 16.7. The molecule has 1 saturated carbocycles. The molecule has 1 rings (SSSR count). The molecule has 2 nitrogen and oxygen atoms in total. The standard InChI is InChI=1S/C22H42O2/c1-4-5-6-7-8-9-14-20-15-12-16-21(20)18-19(2)13-10-11-17-22(23)24-3/h19-21H,4-18H2,1-3H3/t19?,20-,21+/m0/s1. The molecular weight excluding hydrogens is 296 g/mol. The number of carbonyl (C=O) groups excluding carboxylic acids is 1. The van der Waals surface area contributed by atoms with E-state index in [0.717, 1.165) is 24.2 Å². The van der Waals surface area contributed by atoms with E-state index in [9.17, 15) is 4.79 Å². The first-order chi connectivity index (χ1) is 11.7. The Kier molecular flexibility index (Phi) is 12.3. The van der Waals surface area contributed by atoms with Crippen LogP contribution in [0.2, 0.25) is 0 Å². The van der Waals surface area contributed by atoms with Gasteiger partial charge in [-0.05, 0) is 30.6 Å². The molecule has 3 atom stereocenters. The van der Waals surface area contributed by atoms with E-state index in [1.54, 1.807) is 0 Å². The fourth-order valence-corrected chi connectivity index (χ4v) is 4.49. The van der Waals surface area contributed by atoms with Crippen LogP contribution in [0.25, 0.3) is 0 Å². The SMILES string of the molecule is CCCCCCCC[C@H]1CCC[C@@H]1CC(C)CCCCC(=O)OC. The smallest absolute Gasteiger partial charge is 0.305 e. The Balaban J connectivity index is 2.10. The minimum absolute atomic E-state index is 0.0579. The third kappa shape index (κ3) is 9.69. The molecule has 0 N–H and O–H groups in total. The maximum absolute atomic E-state index is 11.1. The third-order valence-electron chi connectivity index (χ3n) is 6.01. The largest absolute Gasteiger partial charge is 0.469 e. The second kappa shape index (κ2) is 13.7. The van der Waals surface area contributed by atoms with Gasteiger partial charge in [0.25, 0.3) is 0 Å². The van der Waals surface area contributed by atoms with E-state index in [4.69, 9.17) is 4.74 Å². The van der Waals surface area contributed by atoms with Crippen molar-refractivity contribution in [2.24, 2.45) is 17.8 Å². The van der Waals surface area contributed by atoms with Crippen molar-refractivity contribution >= 4 is 5.97 Å². The van der Waals surface area contributed by atoms with Crippen LogP contribution in [-0.4, -0.2) is 13.1 Å². The summed E-state index contributed by atoms with van der Waals surface area (Å²) in [6.45, 7) is 4.71. The van der Waals surface area contributed by atoms with Crippen LogP contribution in [-0.2, 0) is 9.53 Å². The molecule has 2 heteroatoms. The van der Waals surface area contributed by atoms with Crippen molar-refractivity contribution in [3.05, 3.63) is 0 Å². The van der Waals surface area contributed by atoms with Gasteiger partial charge in [0, 0.05) is 6.42 Å². The summed E-state index contributed by atoms with van der Waals surface area (Å²) in [6.07, 6.45) is 19.9. The van der Waals surface area contributed by atoms with Crippen molar-refractivity contribution in [3.8, 4) is 0 Å². The van der Waals surface area contributed by atoms with Gasteiger partial charge in [-0.25, -0.2) is 0 Å². The van der Waals surface area contributed by atoms with Gasteiger partial charge in [0.15, 0.2) is 0 Å². The lowest BCUT2D eigenvalue weighted by Crippen LogP contribution is -2.12. The minimum atomic E-state index is -0.0579. The quantitative estimate of drug-likeness (QED) is 0.254. The summed E-state index contributed by atoms with van der Waals surface area (Å²) in [6, 6.07) is 0. The van der Waals surface area contributed by atoms with E-state index in [1.165, 1.54) is 90.6 Å². The van der Waals surface area contributed by atoms with E-state index in [1.807, 2.05) is 0 Å². The van der Waals surface area contributed by atoms with E-state index in [0.29, 0.717) is 6.42 Å². The number of rotatable bonds is 14. The maximum atomic E-state index is 11.1. The number of carbonyl (C=O) groups is 1. The second-order valence-corrected chi connectivity index (χ2v) is 8.17. The molecule has 0 amide bonds. The minimum Gasteiger partial charge on any atom is -0.469 e. The number of hydrogen-bond donors (Lipinski definition) is 0. The van der Waals surface area contributed by atoms with Crippen molar-refractivity contribution < 1.29 is 9.53 Å². The van der Waals surface area contributed by atoms with Gasteiger partial charge in [0.1, 0.15) is 0 Å². The van der Waals surface area contributed by atoms with Crippen LogP contribution in [0, 0.1) is 17.8 Å². The van der Waals surface area contributed by atoms with Crippen LogP contribution in [0.1, 0.15) is 110 Å². The van der Waals surface area contributed by atoms with E-state index in [2.05, 4.69) is 13.8 Å². The topological polar surface area (TPSA) is 26.3 Å². The highest BCUT2D eigenvalue weighted by Crippen LogP contribution is 2.39. The van der Waals surface area contributed by atoms with Crippen molar-refractivity contribution in [2.45, 2.75) is 110 Å². The average Bonchev–Trinajstić information content (AvgIpc) is 3.01. The molecule has 0 heterocycles. The summed E-state index contributed by atoms with van der Waals surface area (Å²) in [5.41, 5.74) is 0. The van der Waals surface area contributed by atoms with Crippen molar-refractivity contribution in [1.29, 1.82) is 0 Å². The monoisotopic (exact) mass is 338 g/mol. The van der Waals surface area contributed by atoms with Crippen LogP contribution in [0.15, 0.2) is 0 Å². The molecule has 0 saturated heterocycles. The maximum Gasteiger partial charge on any atom is 0.305 e. The molecule has 0 aliphatic heterocycles. The van der Waals surface area contributed by atoms with Crippen molar-refractivity contribution in [1.82, 2.24) is 0 Å². The average molecular weight is 339 g/mol. The Labute approximate surface area is 151 Å². The van der Waals surface area contributed by atoms with Gasteiger partial charge in [-0.2, -0.15) is 0 Å². The summed E-state index contributed by atoms with van der Waals surface area (Å²) in [5.74, 6) is 2.75. The highest BCUT2D eigenvalue weighted by Gasteiger charge is 2.27. The van der Waals surface area contributed by atoms with Gasteiger partial charge in [-0.15, -0.1) is 0 Å². The molecule has 0 bridgehead atoms. The Morgan fingerprint density at radius 2 is 1.71 bits per heavy atom. The Morgan fingerprint density at radius 1 is 1.00 bits per heavy atom. The summed E-state index contributed by atoms with van der Waals surface area (Å²) >= 11 is 0. The predicted octanol–water partition coefficient (Wildman–Crippen LogP) is 6.91. The molecule has 1 aliphatic carbocycles. The summed E-state index contributed by atoms with van der Waals surface area (Å²) in [5, 5.41) is 0. The van der Waals surface area contributed by atoms with E-state index >= 15 is 0 Å². The number of unbranched alkanes of at least 4 members (excludes halogenated alkanes) is 6.